The highest BCUT2D eigenvalue weighted by Crippen LogP contribution is 2.31. The van der Waals surface area contributed by atoms with E-state index >= 15 is 0 Å². The second-order valence-corrected chi connectivity index (χ2v) is 7.93. The fourth-order valence-electron chi connectivity index (χ4n) is 3.86. The van der Waals surface area contributed by atoms with E-state index < -0.39 is 23.7 Å². The number of carbonyl (C=O) groups excluding carboxylic acids is 1. The van der Waals surface area contributed by atoms with Crippen molar-refractivity contribution < 1.29 is 23.0 Å². The molecule has 0 radical (unpaired) electrons. The molecule has 33 heavy (non-hydrogen) atoms. The fourth-order valence-corrected chi connectivity index (χ4v) is 3.86. The lowest BCUT2D eigenvalue weighted by Crippen LogP contribution is -2.45. The maximum absolute atomic E-state index is 14.3. The van der Waals surface area contributed by atoms with E-state index in [1.54, 1.807) is 32.5 Å². The molecule has 3 aromatic rings. The monoisotopic (exact) mass is 454 g/mol. The van der Waals surface area contributed by atoms with E-state index in [2.05, 4.69) is 9.97 Å². The molecule has 7 nitrogen and oxygen atoms in total. The van der Waals surface area contributed by atoms with Gasteiger partial charge in [0.1, 0.15) is 11.9 Å². The molecule has 0 bridgehead atoms. The Hall–Kier alpha value is -3.75. The Balaban J connectivity index is 1.65. The molecule has 0 saturated carbocycles. The average Bonchev–Trinajstić information content (AvgIpc) is 3.23. The zero-order valence-corrected chi connectivity index (χ0v) is 18.8. The predicted octanol–water partition coefficient (Wildman–Crippen LogP) is 4.21. The van der Waals surface area contributed by atoms with Gasteiger partial charge < -0.3 is 18.9 Å². The second-order valence-electron chi connectivity index (χ2n) is 7.93. The summed E-state index contributed by atoms with van der Waals surface area (Å²) in [5.74, 6) is -1.95. The number of nitrogens with zero attached hydrogens (tertiary/aromatic N) is 4. The van der Waals surface area contributed by atoms with Gasteiger partial charge in [0.2, 0.25) is 5.95 Å². The van der Waals surface area contributed by atoms with Gasteiger partial charge in [-0.2, -0.15) is 4.39 Å². The van der Waals surface area contributed by atoms with Crippen molar-refractivity contribution >= 4 is 12.0 Å². The van der Waals surface area contributed by atoms with Crippen molar-refractivity contribution in [3.05, 3.63) is 77.3 Å². The van der Waals surface area contributed by atoms with Crippen LogP contribution in [0.2, 0.25) is 0 Å². The van der Waals surface area contributed by atoms with Crippen LogP contribution in [0.4, 0.5) is 8.78 Å². The maximum Gasteiger partial charge on any atom is 0.289 e. The maximum atomic E-state index is 14.3. The van der Waals surface area contributed by atoms with Gasteiger partial charge in [-0.1, -0.05) is 6.07 Å². The Labute approximate surface area is 190 Å². The van der Waals surface area contributed by atoms with E-state index in [4.69, 9.17) is 9.47 Å². The largest absolute Gasteiger partial charge is 0.495 e. The van der Waals surface area contributed by atoms with Crippen LogP contribution in [0.1, 0.15) is 36.7 Å². The van der Waals surface area contributed by atoms with Gasteiger partial charge in [-0.05, 0) is 50.6 Å². The number of hydrogen-bond acceptors (Lipinski definition) is 5. The van der Waals surface area contributed by atoms with Crippen molar-refractivity contribution in [2.24, 2.45) is 0 Å². The molecule has 0 unspecified atom stereocenters. The molecule has 1 amide bonds. The first-order valence-electron chi connectivity index (χ1n) is 10.5. The van der Waals surface area contributed by atoms with E-state index in [1.165, 1.54) is 17.2 Å². The highest BCUT2D eigenvalue weighted by atomic mass is 19.2. The summed E-state index contributed by atoms with van der Waals surface area (Å²) in [7, 11) is 1.57. The van der Waals surface area contributed by atoms with Crippen LogP contribution < -0.4 is 4.74 Å². The number of ether oxygens (including phenoxy) is 2. The lowest BCUT2D eigenvalue weighted by atomic mass is 10.1. The fraction of sp³-hybridized carbons (Fsp3) is 0.292. The summed E-state index contributed by atoms with van der Waals surface area (Å²) < 4.78 is 41.1. The number of benzene rings is 1. The Morgan fingerprint density at radius 3 is 2.76 bits per heavy atom. The summed E-state index contributed by atoms with van der Waals surface area (Å²) in [5.41, 5.74) is 2.43. The van der Waals surface area contributed by atoms with Crippen LogP contribution in [0.5, 0.6) is 5.75 Å². The summed E-state index contributed by atoms with van der Waals surface area (Å²) in [6.45, 7) is 5.60. The van der Waals surface area contributed by atoms with E-state index in [-0.39, 0.29) is 24.0 Å². The van der Waals surface area contributed by atoms with Gasteiger partial charge in [0.25, 0.3) is 5.91 Å². The number of carbonyl (C=O) groups is 1. The Morgan fingerprint density at radius 1 is 1.27 bits per heavy atom. The summed E-state index contributed by atoms with van der Waals surface area (Å²) in [5, 5.41) is 0. The highest BCUT2D eigenvalue weighted by Gasteiger charge is 2.34. The lowest BCUT2D eigenvalue weighted by Gasteiger charge is -2.37. The lowest BCUT2D eigenvalue weighted by molar-refractivity contribution is -0.141. The number of morpholine rings is 1. The molecule has 1 aliphatic heterocycles. The van der Waals surface area contributed by atoms with Crippen LogP contribution in [-0.4, -0.2) is 45.1 Å². The summed E-state index contributed by atoms with van der Waals surface area (Å²) in [6.07, 6.45) is 6.05. The van der Waals surface area contributed by atoms with Crippen LogP contribution in [0.25, 0.3) is 11.8 Å². The molecule has 1 aliphatic rings. The first-order chi connectivity index (χ1) is 15.8. The number of aromatic nitrogens is 3. The molecule has 0 aliphatic carbocycles. The third kappa shape index (κ3) is 4.44. The first kappa shape index (κ1) is 22.4. The Kier molecular flexibility index (Phi) is 6.13. The third-order valence-corrected chi connectivity index (χ3v) is 5.54. The molecular formula is C24H24F2N4O3. The molecule has 0 N–H and O–H groups in total. The molecular weight excluding hydrogens is 430 g/mol. The zero-order valence-electron chi connectivity index (χ0n) is 18.8. The van der Waals surface area contributed by atoms with Crippen LogP contribution in [0, 0.1) is 18.7 Å². The quantitative estimate of drug-likeness (QED) is 0.427. The molecule has 1 aromatic carbocycles. The predicted molar refractivity (Wildman–Crippen MR) is 118 cm³/mol. The third-order valence-electron chi connectivity index (χ3n) is 5.54. The summed E-state index contributed by atoms with van der Waals surface area (Å²) >= 11 is 0. The van der Waals surface area contributed by atoms with Crippen molar-refractivity contribution in [2.45, 2.75) is 32.9 Å². The molecule has 9 heteroatoms. The minimum atomic E-state index is -1.19. The zero-order chi connectivity index (χ0) is 23.7. The minimum Gasteiger partial charge on any atom is -0.495 e. The van der Waals surface area contributed by atoms with Gasteiger partial charge in [0.05, 0.1) is 37.4 Å². The molecule has 4 rings (SSSR count). The smallest absolute Gasteiger partial charge is 0.289 e. The second kappa shape index (κ2) is 9.01. The number of aryl methyl sites for hydroxylation is 1. The number of pyridine rings is 1. The molecule has 0 spiro atoms. The van der Waals surface area contributed by atoms with Gasteiger partial charge >= 0.3 is 0 Å². The molecule has 1 saturated heterocycles. The first-order valence-corrected chi connectivity index (χ1v) is 10.5. The molecule has 2 atom stereocenters. The minimum absolute atomic E-state index is 0.0611. The van der Waals surface area contributed by atoms with Crippen molar-refractivity contribution in [1.29, 1.82) is 0 Å². The van der Waals surface area contributed by atoms with E-state index in [0.717, 1.165) is 11.4 Å². The SMILES string of the molecule is COc1cc(/C=C2\O[C@@H](C)CN([C@H](C)c3ccnc(F)c3F)C2=O)ccc1-n1cnc(C)c1. The average molecular weight is 454 g/mol. The van der Waals surface area contributed by atoms with E-state index in [1.807, 2.05) is 36.7 Å². The number of rotatable bonds is 5. The topological polar surface area (TPSA) is 69.5 Å². The molecule has 3 heterocycles. The van der Waals surface area contributed by atoms with Crippen LogP contribution in [0.15, 0.2) is 48.7 Å². The number of methoxy groups -OCH3 is 1. The number of imidazole rings is 1. The molecule has 2 aromatic heterocycles. The summed E-state index contributed by atoms with van der Waals surface area (Å²) in [6, 6.07) is 6.16. The Morgan fingerprint density at radius 2 is 2.06 bits per heavy atom. The van der Waals surface area contributed by atoms with Crippen LogP contribution in [0.3, 0.4) is 0 Å². The highest BCUT2D eigenvalue weighted by molar-refractivity contribution is 5.96. The number of amides is 1. The molecule has 172 valence electrons. The van der Waals surface area contributed by atoms with Crippen molar-refractivity contribution in [3.63, 3.8) is 0 Å². The van der Waals surface area contributed by atoms with E-state index in [0.29, 0.717) is 11.3 Å². The standard InChI is InChI=1S/C24H24F2N4O3/c1-14-11-29(13-28-14)19-6-5-17(9-20(19)32-4)10-21-24(31)30(12-15(2)33-21)16(3)18-7-8-27-23(26)22(18)25/h5-11,13,15-16H,12H2,1-4H3/b21-10-/t15-,16+/m0/s1. The summed E-state index contributed by atoms with van der Waals surface area (Å²) in [4.78, 5) is 22.2. The van der Waals surface area contributed by atoms with Gasteiger partial charge in [-0.25, -0.2) is 14.4 Å². The molecule has 1 fully saturated rings. The number of hydrogen-bond donors (Lipinski definition) is 0. The number of halogens is 2. The van der Waals surface area contributed by atoms with Gasteiger partial charge in [0.15, 0.2) is 11.6 Å². The van der Waals surface area contributed by atoms with E-state index in [9.17, 15) is 13.6 Å². The van der Waals surface area contributed by atoms with Gasteiger partial charge in [0, 0.05) is 18.0 Å². The Bertz CT molecular complexity index is 1220. The van der Waals surface area contributed by atoms with Crippen molar-refractivity contribution in [2.75, 3.05) is 13.7 Å². The van der Waals surface area contributed by atoms with Gasteiger partial charge in [-0.3, -0.25) is 4.79 Å². The van der Waals surface area contributed by atoms with Crippen molar-refractivity contribution in [1.82, 2.24) is 19.4 Å². The van der Waals surface area contributed by atoms with Crippen LogP contribution in [-0.2, 0) is 9.53 Å². The normalized spacial score (nSPS) is 18.4. The van der Waals surface area contributed by atoms with Crippen molar-refractivity contribution in [3.8, 4) is 11.4 Å². The van der Waals surface area contributed by atoms with Gasteiger partial charge in [-0.15, -0.1) is 0 Å². The van der Waals surface area contributed by atoms with Crippen LogP contribution >= 0.6 is 0 Å².